The molecule has 0 amide bonds. The minimum absolute atomic E-state index is 0.738. The van der Waals surface area contributed by atoms with Gasteiger partial charge in [-0.05, 0) is 62.4 Å². The molecule has 0 saturated carbocycles. The fourth-order valence-corrected chi connectivity index (χ4v) is 4.46. The van der Waals surface area contributed by atoms with E-state index in [0.29, 0.717) is 0 Å². The first-order valence-electron chi connectivity index (χ1n) is 7.52. The lowest BCUT2D eigenvalue weighted by Gasteiger charge is -2.13. The number of aromatic nitrogens is 2. The Morgan fingerprint density at radius 2 is 1.86 bits per heavy atom. The predicted octanol–water partition coefficient (Wildman–Crippen LogP) is 5.28. The van der Waals surface area contributed by atoms with Crippen LogP contribution in [0.3, 0.4) is 0 Å². The average molecular weight is 330 g/mol. The van der Waals surface area contributed by atoms with E-state index in [-0.39, 0.29) is 0 Å². The van der Waals surface area contributed by atoms with E-state index < -0.39 is 0 Å². The molecule has 2 aromatic heterocycles. The summed E-state index contributed by atoms with van der Waals surface area (Å²) >= 11 is 7.79. The van der Waals surface area contributed by atoms with Gasteiger partial charge in [-0.15, -0.1) is 11.3 Å². The minimum Gasteiger partial charge on any atom is -0.340 e. The second kappa shape index (κ2) is 5.52. The Hall–Kier alpha value is -1.65. The summed E-state index contributed by atoms with van der Waals surface area (Å²) in [6, 6.07) is 7.73. The molecular formula is C17H16ClN3S. The highest BCUT2D eigenvalue weighted by molar-refractivity contribution is 7.19. The molecule has 1 N–H and O–H groups in total. The van der Waals surface area contributed by atoms with E-state index in [0.717, 1.165) is 33.6 Å². The molecule has 1 aliphatic rings. The van der Waals surface area contributed by atoms with Crippen LogP contribution in [0.5, 0.6) is 0 Å². The van der Waals surface area contributed by atoms with Crippen molar-refractivity contribution in [3.8, 4) is 0 Å². The van der Waals surface area contributed by atoms with Gasteiger partial charge in [-0.25, -0.2) is 9.97 Å². The summed E-state index contributed by atoms with van der Waals surface area (Å²) in [5.74, 6) is 1.73. The lowest BCUT2D eigenvalue weighted by molar-refractivity contribution is 0.700. The highest BCUT2D eigenvalue weighted by Crippen LogP contribution is 2.39. The quantitative estimate of drug-likeness (QED) is 0.695. The minimum atomic E-state index is 0.738. The molecule has 1 aliphatic carbocycles. The first-order chi connectivity index (χ1) is 10.7. The Kier molecular flexibility index (Phi) is 3.51. The van der Waals surface area contributed by atoms with Gasteiger partial charge in [-0.3, -0.25) is 0 Å². The Morgan fingerprint density at radius 1 is 1.09 bits per heavy atom. The molecule has 0 spiro atoms. The molecule has 1 aromatic carbocycles. The van der Waals surface area contributed by atoms with Gasteiger partial charge in [0.25, 0.3) is 0 Å². The van der Waals surface area contributed by atoms with E-state index in [9.17, 15) is 0 Å². The van der Waals surface area contributed by atoms with Crippen LogP contribution in [-0.4, -0.2) is 9.97 Å². The largest absolute Gasteiger partial charge is 0.340 e. The van der Waals surface area contributed by atoms with Gasteiger partial charge in [0.15, 0.2) is 0 Å². The van der Waals surface area contributed by atoms with Gasteiger partial charge in [0.2, 0.25) is 0 Å². The van der Waals surface area contributed by atoms with Crippen molar-refractivity contribution in [2.24, 2.45) is 0 Å². The third-order valence-corrected chi connectivity index (χ3v) is 5.47. The highest BCUT2D eigenvalue weighted by Gasteiger charge is 2.20. The Labute approximate surface area is 138 Å². The van der Waals surface area contributed by atoms with Gasteiger partial charge in [0, 0.05) is 15.6 Å². The molecule has 2 heterocycles. The standard InChI is InChI=1S/C17H16ClN3S/c1-10-19-16(21-12-8-6-11(18)7-9-12)15-13-4-2-3-5-14(13)22-17(15)20-10/h6-9H,2-5H2,1H3,(H,19,20,21). The first-order valence-corrected chi connectivity index (χ1v) is 8.71. The maximum Gasteiger partial charge on any atom is 0.143 e. The van der Waals surface area contributed by atoms with Crippen molar-refractivity contribution >= 4 is 44.7 Å². The summed E-state index contributed by atoms with van der Waals surface area (Å²) in [5, 5.41) is 5.40. The van der Waals surface area contributed by atoms with Crippen molar-refractivity contribution in [3.05, 3.63) is 45.6 Å². The molecule has 0 unspecified atom stereocenters. The van der Waals surface area contributed by atoms with Crippen LogP contribution in [0.25, 0.3) is 10.2 Å². The van der Waals surface area contributed by atoms with Crippen molar-refractivity contribution in [3.63, 3.8) is 0 Å². The number of aryl methyl sites for hydroxylation is 3. The maximum atomic E-state index is 5.96. The number of fused-ring (bicyclic) bond motifs is 3. The van der Waals surface area contributed by atoms with Crippen molar-refractivity contribution in [1.82, 2.24) is 9.97 Å². The summed E-state index contributed by atoms with van der Waals surface area (Å²) in [6.07, 6.45) is 4.85. The molecule has 0 saturated heterocycles. The van der Waals surface area contributed by atoms with Gasteiger partial charge in [-0.2, -0.15) is 0 Å². The SMILES string of the molecule is Cc1nc(Nc2ccc(Cl)cc2)c2c3c(sc2n1)CCCC3. The molecule has 0 aliphatic heterocycles. The molecule has 22 heavy (non-hydrogen) atoms. The summed E-state index contributed by atoms with van der Waals surface area (Å²) in [7, 11) is 0. The zero-order valence-corrected chi connectivity index (χ0v) is 13.9. The van der Waals surface area contributed by atoms with Crippen LogP contribution in [0.1, 0.15) is 29.1 Å². The van der Waals surface area contributed by atoms with Crippen LogP contribution in [0.15, 0.2) is 24.3 Å². The lowest BCUT2D eigenvalue weighted by Crippen LogP contribution is -2.02. The number of nitrogens with one attached hydrogen (secondary N) is 1. The molecule has 0 atom stereocenters. The van der Waals surface area contributed by atoms with Crippen LogP contribution >= 0.6 is 22.9 Å². The molecule has 0 radical (unpaired) electrons. The molecular weight excluding hydrogens is 314 g/mol. The molecule has 4 rings (SSSR count). The molecule has 3 nitrogen and oxygen atoms in total. The summed E-state index contributed by atoms with van der Waals surface area (Å²) < 4.78 is 0. The number of thiophene rings is 1. The second-order valence-electron chi connectivity index (χ2n) is 5.64. The number of nitrogens with zero attached hydrogens (tertiary/aromatic N) is 2. The number of hydrogen-bond donors (Lipinski definition) is 1. The number of hydrogen-bond acceptors (Lipinski definition) is 4. The summed E-state index contributed by atoms with van der Waals surface area (Å²) in [6.45, 7) is 1.95. The molecule has 3 aromatic rings. The van der Waals surface area contributed by atoms with Crippen molar-refractivity contribution in [2.75, 3.05) is 5.32 Å². The average Bonchev–Trinajstić information content (AvgIpc) is 2.87. The van der Waals surface area contributed by atoms with Gasteiger partial charge in [-0.1, -0.05) is 11.6 Å². The Morgan fingerprint density at radius 3 is 2.68 bits per heavy atom. The predicted molar refractivity (Wildman–Crippen MR) is 93.5 cm³/mol. The number of benzene rings is 1. The Bertz CT molecular complexity index is 839. The highest BCUT2D eigenvalue weighted by atomic mass is 35.5. The van der Waals surface area contributed by atoms with Gasteiger partial charge >= 0.3 is 0 Å². The van der Waals surface area contributed by atoms with Crippen molar-refractivity contribution in [1.29, 1.82) is 0 Å². The van der Waals surface area contributed by atoms with Gasteiger partial charge < -0.3 is 5.32 Å². The number of anilines is 2. The third kappa shape index (κ3) is 2.46. The first kappa shape index (κ1) is 14.0. The van der Waals surface area contributed by atoms with E-state index in [1.54, 1.807) is 0 Å². The molecule has 0 fully saturated rings. The van der Waals surface area contributed by atoms with E-state index in [1.165, 1.54) is 35.1 Å². The van der Waals surface area contributed by atoms with Gasteiger partial charge in [0.05, 0.1) is 5.39 Å². The smallest absolute Gasteiger partial charge is 0.143 e. The third-order valence-electron chi connectivity index (χ3n) is 4.03. The topological polar surface area (TPSA) is 37.8 Å². The normalized spacial score (nSPS) is 14.1. The van der Waals surface area contributed by atoms with E-state index in [4.69, 9.17) is 11.6 Å². The molecule has 112 valence electrons. The Balaban J connectivity index is 1.85. The summed E-state index contributed by atoms with van der Waals surface area (Å²) in [5.41, 5.74) is 2.45. The second-order valence-corrected chi connectivity index (χ2v) is 7.16. The van der Waals surface area contributed by atoms with Crippen LogP contribution in [-0.2, 0) is 12.8 Å². The monoisotopic (exact) mass is 329 g/mol. The van der Waals surface area contributed by atoms with Crippen molar-refractivity contribution in [2.45, 2.75) is 32.6 Å². The van der Waals surface area contributed by atoms with Crippen LogP contribution < -0.4 is 5.32 Å². The van der Waals surface area contributed by atoms with E-state index in [1.807, 2.05) is 42.5 Å². The van der Waals surface area contributed by atoms with Crippen LogP contribution in [0, 0.1) is 6.92 Å². The van der Waals surface area contributed by atoms with Crippen LogP contribution in [0.4, 0.5) is 11.5 Å². The molecule has 5 heteroatoms. The zero-order valence-electron chi connectivity index (χ0n) is 12.3. The summed E-state index contributed by atoms with van der Waals surface area (Å²) in [4.78, 5) is 11.9. The van der Waals surface area contributed by atoms with E-state index >= 15 is 0 Å². The fourth-order valence-electron chi connectivity index (χ4n) is 3.02. The maximum absolute atomic E-state index is 5.96. The van der Waals surface area contributed by atoms with Crippen LogP contribution in [0.2, 0.25) is 5.02 Å². The number of halogens is 1. The van der Waals surface area contributed by atoms with Gasteiger partial charge in [0.1, 0.15) is 16.5 Å². The molecule has 0 bridgehead atoms. The van der Waals surface area contributed by atoms with E-state index in [2.05, 4.69) is 15.3 Å². The van der Waals surface area contributed by atoms with Crippen molar-refractivity contribution < 1.29 is 0 Å². The lowest BCUT2D eigenvalue weighted by atomic mass is 9.97. The number of rotatable bonds is 2. The zero-order chi connectivity index (χ0) is 15.1. The fraction of sp³-hybridized carbons (Fsp3) is 0.294.